The minimum atomic E-state index is -1.01. The Labute approximate surface area is 161 Å². The van der Waals surface area contributed by atoms with Crippen molar-refractivity contribution in [1.29, 1.82) is 5.41 Å². The predicted molar refractivity (Wildman–Crippen MR) is 100 cm³/mol. The number of hydrogen-bond donors (Lipinski definition) is 6. The molecule has 1 aliphatic heterocycles. The molecule has 1 fully saturated rings. The monoisotopic (exact) mass is 393 g/mol. The number of urea groups is 1. The number of benzene rings is 1. The molecular formula is C17H23N5O6. The number of nitrogen functional groups attached to an aromatic ring is 1. The Bertz CT molecular complexity index is 745. The first kappa shape index (κ1) is 22.4. The number of nitrogens with zero attached hydrogens (tertiary/aromatic N) is 1. The number of carbonyl (C=O) groups is 4. The predicted octanol–water partition coefficient (Wildman–Crippen LogP) is -0.0592. The van der Waals surface area contributed by atoms with Crippen molar-refractivity contribution in [1.82, 2.24) is 10.6 Å². The van der Waals surface area contributed by atoms with Crippen molar-refractivity contribution in [2.24, 2.45) is 5.73 Å². The fourth-order valence-corrected chi connectivity index (χ4v) is 2.38. The van der Waals surface area contributed by atoms with E-state index < -0.39 is 24.0 Å². The second-order valence-electron chi connectivity index (χ2n) is 5.85. The lowest BCUT2D eigenvalue weighted by Crippen LogP contribution is -2.46. The van der Waals surface area contributed by atoms with E-state index in [-0.39, 0.29) is 24.7 Å². The largest absolute Gasteiger partial charge is 0.481 e. The second kappa shape index (κ2) is 10.5. The summed E-state index contributed by atoms with van der Waals surface area (Å²) in [6.45, 7) is 1.54. The van der Waals surface area contributed by atoms with Gasteiger partial charge in [-0.1, -0.05) is 0 Å². The number of carboxylic acid groups (broad SMARTS) is 2. The first-order valence-electron chi connectivity index (χ1n) is 8.33. The molecule has 1 aromatic carbocycles. The van der Waals surface area contributed by atoms with Gasteiger partial charge < -0.3 is 31.5 Å². The van der Waals surface area contributed by atoms with E-state index >= 15 is 0 Å². The van der Waals surface area contributed by atoms with E-state index in [4.69, 9.17) is 26.2 Å². The molecule has 0 spiro atoms. The normalized spacial score (nSPS) is 15.2. The maximum absolute atomic E-state index is 12.4. The summed E-state index contributed by atoms with van der Waals surface area (Å²) in [5.41, 5.74) is 6.63. The van der Waals surface area contributed by atoms with Gasteiger partial charge in [0, 0.05) is 31.3 Å². The Kier molecular flexibility index (Phi) is 8.41. The number of nitrogens with two attached hydrogens (primary N) is 1. The smallest absolute Gasteiger partial charge is 0.315 e. The van der Waals surface area contributed by atoms with E-state index in [1.165, 1.54) is 0 Å². The molecule has 0 unspecified atom stereocenters. The molecule has 0 radical (unpaired) electrons. The van der Waals surface area contributed by atoms with Crippen LogP contribution in [0.4, 0.5) is 10.5 Å². The molecule has 1 saturated heterocycles. The summed E-state index contributed by atoms with van der Waals surface area (Å²) in [5.74, 6) is -2.13. The Morgan fingerprint density at radius 1 is 1.25 bits per heavy atom. The number of rotatable bonds is 6. The van der Waals surface area contributed by atoms with Crippen LogP contribution in [0, 0.1) is 5.41 Å². The van der Waals surface area contributed by atoms with Gasteiger partial charge >= 0.3 is 12.0 Å². The summed E-state index contributed by atoms with van der Waals surface area (Å²) >= 11 is 0. The number of anilines is 1. The summed E-state index contributed by atoms with van der Waals surface area (Å²) in [7, 11) is 0. The van der Waals surface area contributed by atoms with Crippen LogP contribution in [0.15, 0.2) is 24.3 Å². The van der Waals surface area contributed by atoms with E-state index in [0.29, 0.717) is 24.2 Å². The van der Waals surface area contributed by atoms with Crippen LogP contribution in [0.3, 0.4) is 0 Å². The highest BCUT2D eigenvalue weighted by Gasteiger charge is 2.33. The lowest BCUT2D eigenvalue weighted by molar-refractivity contribution is -0.137. The van der Waals surface area contributed by atoms with Crippen molar-refractivity contribution >= 4 is 35.4 Å². The molecule has 11 heteroatoms. The molecule has 0 bridgehead atoms. The quantitative estimate of drug-likeness (QED) is 0.288. The lowest BCUT2D eigenvalue weighted by Gasteiger charge is -2.17. The molecule has 1 aromatic rings. The van der Waals surface area contributed by atoms with Gasteiger partial charge in [0.15, 0.2) is 0 Å². The molecule has 0 saturated carbocycles. The van der Waals surface area contributed by atoms with E-state index in [1.54, 1.807) is 29.2 Å². The molecule has 28 heavy (non-hydrogen) atoms. The van der Waals surface area contributed by atoms with Crippen LogP contribution in [0.1, 0.15) is 25.3 Å². The fourth-order valence-electron chi connectivity index (χ4n) is 2.38. The summed E-state index contributed by atoms with van der Waals surface area (Å²) < 4.78 is 0. The van der Waals surface area contributed by atoms with Crippen LogP contribution in [-0.2, 0) is 14.4 Å². The van der Waals surface area contributed by atoms with Crippen LogP contribution in [-0.4, -0.2) is 59.1 Å². The molecule has 152 valence electrons. The molecule has 11 nitrogen and oxygen atoms in total. The number of hydrogen-bond acceptors (Lipinski definition) is 5. The first-order chi connectivity index (χ1) is 13.1. The van der Waals surface area contributed by atoms with Gasteiger partial charge in [0.2, 0.25) is 5.91 Å². The zero-order chi connectivity index (χ0) is 21.3. The van der Waals surface area contributed by atoms with Gasteiger partial charge in [0.25, 0.3) is 5.97 Å². The number of amides is 3. The zero-order valence-corrected chi connectivity index (χ0v) is 15.3. The molecule has 2 rings (SSSR count). The van der Waals surface area contributed by atoms with Gasteiger partial charge in [-0.15, -0.1) is 0 Å². The second-order valence-corrected chi connectivity index (χ2v) is 5.85. The number of carbonyl (C=O) groups excluding carboxylic acids is 2. The third kappa shape index (κ3) is 7.32. The van der Waals surface area contributed by atoms with Gasteiger partial charge in [-0.2, -0.15) is 0 Å². The van der Waals surface area contributed by atoms with Crippen LogP contribution in [0.25, 0.3) is 0 Å². The minimum Gasteiger partial charge on any atom is -0.481 e. The third-order valence-electron chi connectivity index (χ3n) is 3.63. The van der Waals surface area contributed by atoms with E-state index in [0.717, 1.165) is 6.92 Å². The fraction of sp³-hybridized carbons (Fsp3) is 0.353. The Morgan fingerprint density at radius 2 is 1.82 bits per heavy atom. The average molecular weight is 393 g/mol. The summed E-state index contributed by atoms with van der Waals surface area (Å²) in [5, 5.41) is 28.2. The molecule has 1 atom stereocenters. The SMILES string of the molecule is CC(=O)O.N=C(N)c1ccc(N2CC[C@H](NC(=O)NCCC(=O)O)C2=O)cc1. The van der Waals surface area contributed by atoms with Crippen molar-refractivity contribution in [2.75, 3.05) is 18.0 Å². The van der Waals surface area contributed by atoms with Crippen molar-refractivity contribution in [2.45, 2.75) is 25.8 Å². The molecule has 0 aliphatic carbocycles. The highest BCUT2D eigenvalue weighted by atomic mass is 16.4. The number of amidine groups is 1. The van der Waals surface area contributed by atoms with Crippen molar-refractivity contribution in [3.63, 3.8) is 0 Å². The maximum atomic E-state index is 12.4. The van der Waals surface area contributed by atoms with Crippen LogP contribution in [0.2, 0.25) is 0 Å². The number of carboxylic acids is 2. The Balaban J connectivity index is 0.000000892. The van der Waals surface area contributed by atoms with Gasteiger partial charge in [-0.25, -0.2) is 4.79 Å². The maximum Gasteiger partial charge on any atom is 0.315 e. The molecule has 3 amide bonds. The highest BCUT2D eigenvalue weighted by Crippen LogP contribution is 2.22. The van der Waals surface area contributed by atoms with Crippen molar-refractivity contribution in [3.05, 3.63) is 29.8 Å². The van der Waals surface area contributed by atoms with Gasteiger partial charge in [-0.3, -0.25) is 19.8 Å². The van der Waals surface area contributed by atoms with Crippen LogP contribution < -0.4 is 21.3 Å². The topological polar surface area (TPSA) is 186 Å². The Hall–Kier alpha value is -3.63. The molecular weight excluding hydrogens is 370 g/mol. The molecule has 1 aliphatic rings. The standard InChI is InChI=1S/C15H19N5O4.C2H4O2/c16-13(17)9-1-3-10(4-2-9)20-8-6-11(14(20)23)19-15(24)18-7-5-12(21)22;1-2(3)4/h1-4,11H,5-8H2,(H3,16,17)(H,21,22)(H2,18,19,24);1H3,(H,3,4)/t11-;/m0./s1. The molecule has 7 N–H and O–H groups in total. The third-order valence-corrected chi connectivity index (χ3v) is 3.63. The van der Waals surface area contributed by atoms with Crippen LogP contribution in [0.5, 0.6) is 0 Å². The summed E-state index contributed by atoms with van der Waals surface area (Å²) in [6.07, 6.45) is 0.278. The highest BCUT2D eigenvalue weighted by molar-refractivity contribution is 6.02. The summed E-state index contributed by atoms with van der Waals surface area (Å²) in [6, 6.07) is 5.49. The van der Waals surface area contributed by atoms with Crippen molar-refractivity contribution in [3.8, 4) is 0 Å². The number of nitrogens with one attached hydrogen (secondary N) is 3. The minimum absolute atomic E-state index is 0.00169. The molecule has 1 heterocycles. The Morgan fingerprint density at radius 3 is 2.32 bits per heavy atom. The van der Waals surface area contributed by atoms with Gasteiger partial charge in [-0.05, 0) is 30.7 Å². The lowest BCUT2D eigenvalue weighted by atomic mass is 10.2. The molecule has 0 aromatic heterocycles. The summed E-state index contributed by atoms with van der Waals surface area (Å²) in [4.78, 5) is 45.0. The first-order valence-corrected chi connectivity index (χ1v) is 8.33. The van der Waals surface area contributed by atoms with E-state index in [9.17, 15) is 14.4 Å². The van der Waals surface area contributed by atoms with Crippen LogP contribution >= 0.6 is 0 Å². The van der Waals surface area contributed by atoms with Crippen molar-refractivity contribution < 1.29 is 29.4 Å². The van der Waals surface area contributed by atoms with E-state index in [1.807, 2.05) is 0 Å². The van der Waals surface area contributed by atoms with E-state index in [2.05, 4.69) is 10.6 Å². The average Bonchev–Trinajstić information content (AvgIpc) is 2.94. The zero-order valence-electron chi connectivity index (χ0n) is 15.3. The van der Waals surface area contributed by atoms with Gasteiger partial charge in [0.05, 0.1) is 6.42 Å². The number of aliphatic carboxylic acids is 2. The van der Waals surface area contributed by atoms with Gasteiger partial charge in [0.1, 0.15) is 11.9 Å².